The van der Waals surface area contributed by atoms with Crippen molar-refractivity contribution in [1.29, 1.82) is 0 Å². The smallest absolute Gasteiger partial charge is 0.176 e. The minimum absolute atomic E-state index is 0.908. The molecule has 4 heteroatoms. The molecule has 0 atom stereocenters. The second-order valence-corrected chi connectivity index (χ2v) is 17.4. The summed E-state index contributed by atoms with van der Waals surface area (Å²) < 4.78 is 7.10. The van der Waals surface area contributed by atoms with Crippen molar-refractivity contribution in [3.8, 4) is 33.4 Å². The summed E-state index contributed by atoms with van der Waals surface area (Å²) in [6, 6.07) is 60.9. The van der Waals surface area contributed by atoms with Gasteiger partial charge in [0.1, 0.15) is 19.6 Å². The molecule has 0 bridgehead atoms. The zero-order chi connectivity index (χ0) is 45.7. The average Bonchev–Trinajstić information content (AvgIpc) is 3.39. The largest absolute Gasteiger partial charge is 0.391 e. The van der Waals surface area contributed by atoms with E-state index in [9.17, 15) is 0 Å². The van der Waals surface area contributed by atoms with E-state index in [0.717, 1.165) is 83.1 Å². The Bertz CT molecular complexity index is 2830. The fourth-order valence-corrected chi connectivity index (χ4v) is 9.06. The fourth-order valence-electron chi connectivity index (χ4n) is 9.06. The second-order valence-electron chi connectivity index (χ2n) is 17.4. The van der Waals surface area contributed by atoms with Crippen molar-refractivity contribution in [2.75, 3.05) is 6.54 Å². The fraction of sp³-hybridized carbons (Fsp3) is 0.190. The van der Waals surface area contributed by atoms with Crippen molar-refractivity contribution in [1.82, 2.24) is 5.32 Å². The molecule has 0 radical (unpaired) electrons. The van der Waals surface area contributed by atoms with Gasteiger partial charge in [0.25, 0.3) is 0 Å². The summed E-state index contributed by atoms with van der Waals surface area (Å²) in [7, 11) is 0. The lowest BCUT2D eigenvalue weighted by Crippen LogP contribution is -2.33. The summed E-state index contributed by atoms with van der Waals surface area (Å²) in [4.78, 5) is 0. The van der Waals surface area contributed by atoms with Crippen molar-refractivity contribution in [3.63, 3.8) is 0 Å². The van der Waals surface area contributed by atoms with Crippen LogP contribution in [0, 0.1) is 0 Å². The first-order chi connectivity index (χ1) is 33.2. The van der Waals surface area contributed by atoms with Crippen molar-refractivity contribution in [2.24, 2.45) is 0 Å². The maximum atomic E-state index is 4.04. The van der Waals surface area contributed by atoms with Crippen LogP contribution in [0.2, 0.25) is 0 Å². The van der Waals surface area contributed by atoms with Crippen molar-refractivity contribution >= 4 is 5.57 Å². The molecule has 4 nitrogen and oxygen atoms in total. The number of hydrogen-bond donors (Lipinski definition) is 1. The van der Waals surface area contributed by atoms with E-state index >= 15 is 0 Å². The average molecular weight is 878 g/mol. The van der Waals surface area contributed by atoms with E-state index in [4.69, 9.17) is 0 Å². The summed E-state index contributed by atoms with van der Waals surface area (Å²) in [6.45, 7) is 7.87. The first-order valence-electron chi connectivity index (χ1n) is 24.2. The van der Waals surface area contributed by atoms with E-state index in [2.05, 4.69) is 245 Å². The summed E-state index contributed by atoms with van der Waals surface area (Å²) in [6.07, 6.45) is 30.2. The maximum Gasteiger partial charge on any atom is 0.176 e. The van der Waals surface area contributed by atoms with Crippen molar-refractivity contribution < 1.29 is 13.7 Å². The SMILES string of the molecule is C=C/C(=C\C=C/NCCCc1cc(CCC[n+]2cccc(-c3ccccc3)c2)c(CCC[n+]2cccc(-c3ccccc3)c2)cc1CCC[n+]1cccc(-c2ccccc2)c1)c1ccccc1. The highest BCUT2D eigenvalue weighted by atomic mass is 14.9. The summed E-state index contributed by atoms with van der Waals surface area (Å²) in [5.74, 6) is 0. The van der Waals surface area contributed by atoms with Gasteiger partial charge in [0, 0.05) is 60.7 Å². The van der Waals surface area contributed by atoms with Crippen molar-refractivity contribution in [2.45, 2.75) is 71.0 Å². The van der Waals surface area contributed by atoms with Crippen LogP contribution in [-0.4, -0.2) is 6.54 Å². The molecule has 3 aromatic heterocycles. The molecule has 8 rings (SSSR count). The number of nitrogens with one attached hydrogen (secondary N) is 1. The molecule has 0 aliphatic rings. The summed E-state index contributed by atoms with van der Waals surface area (Å²) in [5, 5.41) is 3.57. The monoisotopic (exact) mass is 878 g/mol. The van der Waals surface area contributed by atoms with Gasteiger partial charge in [-0.2, -0.15) is 0 Å². The van der Waals surface area contributed by atoms with Crippen LogP contribution in [0.3, 0.4) is 0 Å². The van der Waals surface area contributed by atoms with Gasteiger partial charge in [-0.1, -0.05) is 152 Å². The van der Waals surface area contributed by atoms with Gasteiger partial charge in [0.15, 0.2) is 37.2 Å². The molecule has 1 N–H and O–H groups in total. The van der Waals surface area contributed by atoms with Crippen LogP contribution < -0.4 is 19.0 Å². The van der Waals surface area contributed by atoms with Gasteiger partial charge in [-0.05, 0) is 113 Å². The number of aromatic nitrogens is 3. The number of aryl methyl sites for hydroxylation is 7. The van der Waals surface area contributed by atoms with Crippen LogP contribution in [0.4, 0.5) is 0 Å². The number of hydrogen-bond acceptors (Lipinski definition) is 1. The zero-order valence-electron chi connectivity index (χ0n) is 39.0. The molecule has 5 aromatic carbocycles. The van der Waals surface area contributed by atoms with Crippen LogP contribution in [-0.2, 0) is 45.3 Å². The molecule has 0 fully saturated rings. The van der Waals surface area contributed by atoms with E-state index in [1.165, 1.54) is 61.2 Å². The summed E-state index contributed by atoms with van der Waals surface area (Å²) >= 11 is 0. The van der Waals surface area contributed by atoms with E-state index in [1.807, 2.05) is 12.1 Å². The Hall–Kier alpha value is -7.43. The Morgan fingerprint density at radius 2 is 0.776 bits per heavy atom. The molecule has 0 spiro atoms. The lowest BCUT2D eigenvalue weighted by molar-refractivity contribution is -0.697. The quantitative estimate of drug-likeness (QED) is 0.0386. The summed E-state index contributed by atoms with van der Waals surface area (Å²) in [5.41, 5.74) is 15.8. The first kappa shape index (κ1) is 46.1. The standard InChI is InChI=1S/C63H65N4/c1-2-52(53-23-7-3-8-24-53)31-15-39-64-40-16-32-57-47-59(34-18-42-66-45-21-37-62(50-66)55-27-11-5-12-28-55)60(35-19-43-67-46-22-38-63(51-67)56-29-13-6-14-30-56)48-58(57)33-17-41-65-44-20-36-61(49-65)54-25-9-4-10-26-54/h2-15,20-31,36-39,44-51,64H,1,16-19,32-35,40-43H2/q+3/b39-15-,52-31+. The lowest BCUT2D eigenvalue weighted by Gasteiger charge is -2.17. The van der Waals surface area contributed by atoms with Gasteiger partial charge in [-0.3, -0.25) is 0 Å². The van der Waals surface area contributed by atoms with Crippen LogP contribution in [0.1, 0.15) is 53.5 Å². The van der Waals surface area contributed by atoms with Gasteiger partial charge in [0.2, 0.25) is 0 Å². The molecular weight excluding hydrogens is 813 g/mol. The topological polar surface area (TPSA) is 23.7 Å². The highest BCUT2D eigenvalue weighted by molar-refractivity contribution is 5.74. The Kier molecular flexibility index (Phi) is 17.0. The Morgan fingerprint density at radius 3 is 1.16 bits per heavy atom. The lowest BCUT2D eigenvalue weighted by atomic mass is 9.89. The minimum Gasteiger partial charge on any atom is -0.391 e. The highest BCUT2D eigenvalue weighted by Gasteiger charge is 2.15. The number of nitrogens with zero attached hydrogens (tertiary/aromatic N) is 3. The van der Waals surface area contributed by atoms with E-state index in [0.29, 0.717) is 0 Å². The molecular formula is C63H65N4+3. The number of benzene rings is 5. The molecule has 0 aliphatic heterocycles. The van der Waals surface area contributed by atoms with Crippen LogP contribution in [0.15, 0.2) is 238 Å². The van der Waals surface area contributed by atoms with Crippen molar-refractivity contribution in [3.05, 3.63) is 266 Å². The normalized spacial score (nSPS) is 11.5. The zero-order valence-corrected chi connectivity index (χ0v) is 39.0. The van der Waals surface area contributed by atoms with E-state index in [-0.39, 0.29) is 0 Å². The van der Waals surface area contributed by atoms with Gasteiger partial charge < -0.3 is 5.32 Å². The predicted molar refractivity (Wildman–Crippen MR) is 278 cm³/mol. The second kappa shape index (κ2) is 24.7. The Morgan fingerprint density at radius 1 is 0.418 bits per heavy atom. The van der Waals surface area contributed by atoms with Gasteiger partial charge in [-0.25, -0.2) is 13.7 Å². The van der Waals surface area contributed by atoms with Crippen LogP contribution in [0.25, 0.3) is 39.0 Å². The Labute approximate surface area is 399 Å². The predicted octanol–water partition coefficient (Wildman–Crippen LogP) is 12.8. The maximum absolute atomic E-state index is 4.04. The molecule has 0 saturated heterocycles. The molecule has 0 unspecified atom stereocenters. The van der Waals surface area contributed by atoms with Gasteiger partial charge in [-0.15, -0.1) is 0 Å². The molecule has 334 valence electrons. The third-order valence-electron chi connectivity index (χ3n) is 12.6. The molecule has 0 saturated carbocycles. The van der Waals surface area contributed by atoms with E-state index < -0.39 is 0 Å². The molecule has 3 heterocycles. The third-order valence-corrected chi connectivity index (χ3v) is 12.6. The Balaban J connectivity index is 1.01. The molecule has 67 heavy (non-hydrogen) atoms. The van der Waals surface area contributed by atoms with E-state index in [1.54, 1.807) is 0 Å². The van der Waals surface area contributed by atoms with Crippen LogP contribution in [0.5, 0.6) is 0 Å². The molecule has 0 aliphatic carbocycles. The number of allylic oxidation sites excluding steroid dienone is 4. The highest BCUT2D eigenvalue weighted by Crippen LogP contribution is 2.25. The molecule has 8 aromatic rings. The van der Waals surface area contributed by atoms with Gasteiger partial charge >= 0.3 is 0 Å². The third kappa shape index (κ3) is 13.8. The first-order valence-corrected chi connectivity index (χ1v) is 24.2. The molecule has 0 amide bonds. The minimum atomic E-state index is 0.908. The number of rotatable bonds is 23. The van der Waals surface area contributed by atoms with Gasteiger partial charge in [0.05, 0.1) is 0 Å². The number of pyridine rings is 3. The van der Waals surface area contributed by atoms with Crippen LogP contribution >= 0.6 is 0 Å².